The van der Waals surface area contributed by atoms with Crippen LogP contribution in [0.5, 0.6) is 0 Å². The van der Waals surface area contributed by atoms with E-state index in [2.05, 4.69) is 0 Å². The first-order valence-corrected chi connectivity index (χ1v) is 9.57. The fourth-order valence-electron chi connectivity index (χ4n) is 4.15. The highest BCUT2D eigenvalue weighted by Gasteiger charge is 2.43. The van der Waals surface area contributed by atoms with Crippen molar-refractivity contribution in [2.75, 3.05) is 44.9 Å². The van der Waals surface area contributed by atoms with Gasteiger partial charge in [0.25, 0.3) is 0 Å². The molecule has 3 saturated heterocycles. The van der Waals surface area contributed by atoms with Gasteiger partial charge in [0.1, 0.15) is 0 Å². The Balaban J connectivity index is 1.41. The minimum Gasteiger partial charge on any atom is -0.465 e. The summed E-state index contributed by atoms with van der Waals surface area (Å²) in [4.78, 5) is 40.6. The Hall–Kier alpha value is -2.45. The van der Waals surface area contributed by atoms with E-state index in [0.717, 1.165) is 0 Å². The number of benzene rings is 1. The van der Waals surface area contributed by atoms with Crippen LogP contribution in [-0.2, 0) is 23.8 Å². The summed E-state index contributed by atoms with van der Waals surface area (Å²) in [6, 6.07) is 6.72. The van der Waals surface area contributed by atoms with Crippen molar-refractivity contribution in [2.24, 2.45) is 5.92 Å². The number of hydrogen-bond acceptors (Lipinski definition) is 6. The van der Waals surface area contributed by atoms with Crippen LogP contribution in [0, 0.1) is 5.92 Å². The SMILES string of the molecule is COC(=O)c1cccc(N2CC(C(=O)N3CCC4(CC3)OCCO4)CC2=O)c1. The van der Waals surface area contributed by atoms with Gasteiger partial charge >= 0.3 is 5.97 Å². The average Bonchev–Trinajstić information content (AvgIpc) is 3.34. The lowest BCUT2D eigenvalue weighted by Gasteiger charge is -2.38. The molecule has 4 rings (SSSR count). The molecule has 1 aromatic carbocycles. The number of hydrogen-bond donors (Lipinski definition) is 0. The molecule has 0 bridgehead atoms. The van der Waals surface area contributed by atoms with Crippen molar-refractivity contribution in [1.29, 1.82) is 0 Å². The molecule has 28 heavy (non-hydrogen) atoms. The number of methoxy groups -OCH3 is 1. The molecule has 0 N–H and O–H groups in total. The summed E-state index contributed by atoms with van der Waals surface area (Å²) in [7, 11) is 1.31. The van der Waals surface area contributed by atoms with Gasteiger partial charge in [0, 0.05) is 44.6 Å². The summed E-state index contributed by atoms with van der Waals surface area (Å²) in [6.45, 7) is 2.66. The molecule has 0 radical (unpaired) electrons. The maximum absolute atomic E-state index is 12.9. The van der Waals surface area contributed by atoms with Gasteiger partial charge in [0.15, 0.2) is 5.79 Å². The summed E-state index contributed by atoms with van der Waals surface area (Å²) >= 11 is 0. The number of rotatable bonds is 3. The highest BCUT2D eigenvalue weighted by Crippen LogP contribution is 2.33. The van der Waals surface area contributed by atoms with Crippen LogP contribution in [0.15, 0.2) is 24.3 Å². The second kappa shape index (κ2) is 7.52. The van der Waals surface area contributed by atoms with Crippen LogP contribution in [0.1, 0.15) is 29.6 Å². The summed E-state index contributed by atoms with van der Waals surface area (Å²) in [6.07, 6.45) is 1.49. The fraction of sp³-hybridized carbons (Fsp3) is 0.550. The summed E-state index contributed by atoms with van der Waals surface area (Å²) < 4.78 is 16.1. The molecule has 8 nitrogen and oxygen atoms in total. The van der Waals surface area contributed by atoms with E-state index in [0.29, 0.717) is 56.9 Å². The van der Waals surface area contributed by atoms with E-state index in [1.807, 2.05) is 4.90 Å². The topological polar surface area (TPSA) is 85.4 Å². The number of esters is 1. The van der Waals surface area contributed by atoms with Crippen molar-refractivity contribution in [2.45, 2.75) is 25.0 Å². The minimum atomic E-state index is -0.525. The molecular weight excluding hydrogens is 364 g/mol. The van der Waals surface area contributed by atoms with Gasteiger partial charge in [-0.15, -0.1) is 0 Å². The zero-order valence-corrected chi connectivity index (χ0v) is 15.9. The highest BCUT2D eigenvalue weighted by atomic mass is 16.7. The third-order valence-electron chi connectivity index (χ3n) is 5.70. The Labute approximate surface area is 163 Å². The first-order valence-electron chi connectivity index (χ1n) is 9.57. The fourth-order valence-corrected chi connectivity index (χ4v) is 4.15. The zero-order valence-electron chi connectivity index (χ0n) is 15.9. The monoisotopic (exact) mass is 388 g/mol. The molecule has 3 aliphatic heterocycles. The highest BCUT2D eigenvalue weighted by molar-refractivity contribution is 6.01. The molecule has 150 valence electrons. The smallest absolute Gasteiger partial charge is 0.337 e. The van der Waals surface area contributed by atoms with Gasteiger partial charge in [-0.3, -0.25) is 9.59 Å². The van der Waals surface area contributed by atoms with Crippen LogP contribution in [0.4, 0.5) is 5.69 Å². The quantitative estimate of drug-likeness (QED) is 0.723. The largest absolute Gasteiger partial charge is 0.465 e. The van der Waals surface area contributed by atoms with Crippen LogP contribution in [0.25, 0.3) is 0 Å². The molecule has 1 spiro atoms. The zero-order chi connectivity index (χ0) is 19.7. The average molecular weight is 388 g/mol. The van der Waals surface area contributed by atoms with E-state index in [1.54, 1.807) is 29.2 Å². The van der Waals surface area contributed by atoms with Gasteiger partial charge in [0.05, 0.1) is 31.8 Å². The van der Waals surface area contributed by atoms with Gasteiger partial charge in [-0.2, -0.15) is 0 Å². The molecule has 3 heterocycles. The Bertz CT molecular complexity index is 779. The van der Waals surface area contributed by atoms with Crippen LogP contribution >= 0.6 is 0 Å². The number of nitrogens with zero attached hydrogens (tertiary/aromatic N) is 2. The molecule has 0 aromatic heterocycles. The summed E-state index contributed by atoms with van der Waals surface area (Å²) in [5.74, 6) is -1.49. The number of likely N-dealkylation sites (tertiary alicyclic amines) is 1. The number of carbonyl (C=O) groups is 3. The number of anilines is 1. The van der Waals surface area contributed by atoms with Crippen molar-refractivity contribution < 1.29 is 28.6 Å². The molecule has 1 atom stereocenters. The second-order valence-electron chi connectivity index (χ2n) is 7.38. The number of carbonyl (C=O) groups excluding carboxylic acids is 3. The van der Waals surface area contributed by atoms with Gasteiger partial charge in [-0.05, 0) is 18.2 Å². The van der Waals surface area contributed by atoms with Crippen molar-refractivity contribution in [3.05, 3.63) is 29.8 Å². The Morgan fingerprint density at radius 1 is 1.18 bits per heavy atom. The van der Waals surface area contributed by atoms with Gasteiger partial charge < -0.3 is 24.0 Å². The lowest BCUT2D eigenvalue weighted by Crippen LogP contribution is -2.49. The first-order chi connectivity index (χ1) is 13.5. The lowest BCUT2D eigenvalue weighted by molar-refractivity contribution is -0.188. The molecule has 0 saturated carbocycles. The van der Waals surface area contributed by atoms with Crippen LogP contribution in [0.2, 0.25) is 0 Å². The number of ether oxygens (including phenoxy) is 3. The molecule has 8 heteroatoms. The van der Waals surface area contributed by atoms with Crippen molar-refractivity contribution >= 4 is 23.5 Å². The molecule has 3 fully saturated rings. The second-order valence-corrected chi connectivity index (χ2v) is 7.38. The van der Waals surface area contributed by atoms with E-state index >= 15 is 0 Å². The Morgan fingerprint density at radius 2 is 1.89 bits per heavy atom. The standard InChI is InChI=1S/C20H24N2O6/c1-26-19(25)14-3-2-4-16(11-14)22-13-15(12-17(22)23)18(24)21-7-5-20(6-8-21)27-9-10-28-20/h2-4,11,15H,5-10,12-13H2,1H3. The van der Waals surface area contributed by atoms with E-state index in [4.69, 9.17) is 14.2 Å². The molecule has 3 aliphatic rings. The van der Waals surface area contributed by atoms with Crippen LogP contribution < -0.4 is 4.90 Å². The van der Waals surface area contributed by atoms with Crippen molar-refractivity contribution in [1.82, 2.24) is 4.90 Å². The maximum Gasteiger partial charge on any atom is 0.337 e. The van der Waals surface area contributed by atoms with Crippen LogP contribution in [-0.4, -0.2) is 68.4 Å². The normalized spacial score (nSPS) is 24.0. The first kappa shape index (κ1) is 18.9. The molecular formula is C20H24N2O6. The van der Waals surface area contributed by atoms with Gasteiger partial charge in [-0.25, -0.2) is 4.79 Å². The lowest BCUT2D eigenvalue weighted by atomic mass is 10.0. The third kappa shape index (κ3) is 3.49. The molecule has 1 aromatic rings. The predicted octanol–water partition coefficient (Wildman–Crippen LogP) is 1.19. The minimum absolute atomic E-state index is 0.00665. The van der Waals surface area contributed by atoms with E-state index in [1.165, 1.54) is 7.11 Å². The molecule has 0 aliphatic carbocycles. The molecule has 2 amide bonds. The van der Waals surface area contributed by atoms with E-state index in [9.17, 15) is 14.4 Å². The maximum atomic E-state index is 12.9. The molecule has 1 unspecified atom stereocenters. The predicted molar refractivity (Wildman–Crippen MR) is 98.7 cm³/mol. The van der Waals surface area contributed by atoms with E-state index in [-0.39, 0.29) is 24.2 Å². The van der Waals surface area contributed by atoms with Crippen molar-refractivity contribution in [3.63, 3.8) is 0 Å². The third-order valence-corrected chi connectivity index (χ3v) is 5.70. The van der Waals surface area contributed by atoms with E-state index < -0.39 is 11.8 Å². The van der Waals surface area contributed by atoms with Gasteiger partial charge in [-0.1, -0.05) is 6.07 Å². The summed E-state index contributed by atoms with van der Waals surface area (Å²) in [5.41, 5.74) is 0.981. The Morgan fingerprint density at radius 3 is 2.57 bits per heavy atom. The van der Waals surface area contributed by atoms with Crippen molar-refractivity contribution in [3.8, 4) is 0 Å². The van der Waals surface area contributed by atoms with Gasteiger partial charge in [0.2, 0.25) is 11.8 Å². The van der Waals surface area contributed by atoms with Crippen LogP contribution in [0.3, 0.4) is 0 Å². The Kier molecular flexibility index (Phi) is 5.07. The number of piperidine rings is 1. The number of amides is 2. The summed E-state index contributed by atoms with van der Waals surface area (Å²) in [5, 5.41) is 0.